The number of hydrogen-bond donors (Lipinski definition) is 0. The molecule has 0 N–H and O–H groups in total. The van der Waals surface area contributed by atoms with E-state index in [1.165, 1.54) is 32.1 Å². The first-order valence-electron chi connectivity index (χ1n) is 10.8. The van der Waals surface area contributed by atoms with Gasteiger partial charge in [-0.05, 0) is 48.4 Å². The number of fused-ring (bicyclic) bond motifs is 3. The molecule has 0 amide bonds. The van der Waals surface area contributed by atoms with E-state index in [1.807, 2.05) is 6.92 Å². The van der Waals surface area contributed by atoms with Crippen molar-refractivity contribution in [3.63, 3.8) is 0 Å². The molecule has 29 heavy (non-hydrogen) atoms. The number of benzene rings is 3. The summed E-state index contributed by atoms with van der Waals surface area (Å²) in [5.41, 5.74) is 0. The first kappa shape index (κ1) is 21.4. The maximum atomic E-state index is 15.0. The van der Waals surface area contributed by atoms with Crippen molar-refractivity contribution in [2.75, 3.05) is 13.2 Å². The summed E-state index contributed by atoms with van der Waals surface area (Å²) in [5.74, 6) is -0.323. The average molecular weight is 401 g/mol. The van der Waals surface area contributed by atoms with Gasteiger partial charge in [0.25, 0.3) is 0 Å². The largest absolute Gasteiger partial charge is 0.491 e. The van der Waals surface area contributed by atoms with Gasteiger partial charge in [-0.3, -0.25) is 0 Å². The van der Waals surface area contributed by atoms with Crippen LogP contribution in [0.1, 0.15) is 58.8 Å². The summed E-state index contributed by atoms with van der Waals surface area (Å²) in [6.07, 6.45) is 8.32. The summed E-state index contributed by atoms with van der Waals surface area (Å²) < 4.78 is 40.6. The molecule has 0 saturated carbocycles. The fraction of sp³-hybridized carbons (Fsp3) is 0.440. The Morgan fingerprint density at radius 2 is 1.07 bits per heavy atom. The van der Waals surface area contributed by atoms with Crippen LogP contribution in [0.15, 0.2) is 36.4 Å². The Labute approximate surface area is 171 Å². The van der Waals surface area contributed by atoms with E-state index in [2.05, 4.69) is 6.92 Å². The fourth-order valence-corrected chi connectivity index (χ4v) is 3.73. The maximum Gasteiger partial charge on any atom is 0.172 e. The van der Waals surface area contributed by atoms with Gasteiger partial charge in [0.05, 0.1) is 13.2 Å². The third kappa shape index (κ3) is 4.98. The zero-order valence-electron chi connectivity index (χ0n) is 17.4. The first-order valence-corrected chi connectivity index (χ1v) is 10.8. The zero-order chi connectivity index (χ0) is 20.6. The van der Waals surface area contributed by atoms with E-state index >= 15 is 0 Å². The Balaban J connectivity index is 1.71. The molecule has 0 atom stereocenters. The van der Waals surface area contributed by atoms with Crippen LogP contribution in [0.25, 0.3) is 21.5 Å². The van der Waals surface area contributed by atoms with E-state index in [0.29, 0.717) is 34.8 Å². The smallest absolute Gasteiger partial charge is 0.172 e. The topological polar surface area (TPSA) is 18.5 Å². The lowest BCUT2D eigenvalue weighted by atomic mass is 10.0. The van der Waals surface area contributed by atoms with Gasteiger partial charge in [0, 0.05) is 10.8 Å². The van der Waals surface area contributed by atoms with Gasteiger partial charge >= 0.3 is 0 Å². The number of unbranched alkanes of at least 4 members (excludes halogenated alkanes) is 6. The molecule has 0 unspecified atom stereocenters. The average Bonchev–Trinajstić information content (AvgIpc) is 2.73. The quantitative estimate of drug-likeness (QED) is 0.241. The van der Waals surface area contributed by atoms with Crippen molar-refractivity contribution in [1.82, 2.24) is 0 Å². The summed E-state index contributed by atoms with van der Waals surface area (Å²) in [7, 11) is 0. The summed E-state index contributed by atoms with van der Waals surface area (Å²) in [6, 6.07) is 10.1. The van der Waals surface area contributed by atoms with Crippen LogP contribution in [-0.2, 0) is 0 Å². The number of ether oxygens (including phenoxy) is 2. The van der Waals surface area contributed by atoms with Gasteiger partial charge < -0.3 is 9.47 Å². The summed E-state index contributed by atoms with van der Waals surface area (Å²) in [6.45, 7) is 4.93. The van der Waals surface area contributed by atoms with E-state index in [1.54, 1.807) is 36.4 Å². The van der Waals surface area contributed by atoms with Crippen molar-refractivity contribution < 1.29 is 18.3 Å². The van der Waals surface area contributed by atoms with Crippen LogP contribution >= 0.6 is 0 Å². The number of rotatable bonds is 11. The molecule has 0 heterocycles. The summed E-state index contributed by atoms with van der Waals surface area (Å²) in [4.78, 5) is 0. The molecule has 0 bridgehead atoms. The van der Waals surface area contributed by atoms with Gasteiger partial charge in [0.1, 0.15) is 0 Å². The fourth-order valence-electron chi connectivity index (χ4n) is 3.73. The highest BCUT2D eigenvalue weighted by Gasteiger charge is 2.14. The Morgan fingerprint density at radius 3 is 1.62 bits per heavy atom. The molecular weight excluding hydrogens is 370 g/mol. The van der Waals surface area contributed by atoms with E-state index in [9.17, 15) is 8.78 Å². The minimum atomic E-state index is -0.411. The molecule has 0 aliphatic rings. The van der Waals surface area contributed by atoms with Crippen LogP contribution < -0.4 is 9.47 Å². The molecule has 0 aliphatic heterocycles. The number of hydrogen-bond acceptors (Lipinski definition) is 2. The normalized spacial score (nSPS) is 11.3. The maximum absolute atomic E-state index is 15.0. The molecule has 4 heteroatoms. The Kier molecular flexibility index (Phi) is 7.68. The molecule has 3 rings (SSSR count). The predicted molar refractivity (Wildman–Crippen MR) is 116 cm³/mol. The van der Waals surface area contributed by atoms with Gasteiger partial charge in [0.15, 0.2) is 23.1 Å². The van der Waals surface area contributed by atoms with E-state index in [4.69, 9.17) is 9.47 Å². The highest BCUT2D eigenvalue weighted by Crippen LogP contribution is 2.35. The Bertz CT molecular complexity index is 953. The minimum absolute atomic E-state index is 0.217. The molecule has 0 aliphatic carbocycles. The molecule has 0 radical (unpaired) electrons. The molecule has 0 spiro atoms. The molecule has 3 aromatic carbocycles. The van der Waals surface area contributed by atoms with E-state index in [-0.39, 0.29) is 17.3 Å². The molecule has 0 fully saturated rings. The zero-order valence-corrected chi connectivity index (χ0v) is 17.4. The van der Waals surface area contributed by atoms with Crippen molar-refractivity contribution >= 4 is 21.5 Å². The van der Waals surface area contributed by atoms with Crippen LogP contribution in [-0.4, -0.2) is 13.2 Å². The van der Waals surface area contributed by atoms with Gasteiger partial charge in [0.2, 0.25) is 0 Å². The van der Waals surface area contributed by atoms with E-state index in [0.717, 1.165) is 12.8 Å². The van der Waals surface area contributed by atoms with Crippen LogP contribution in [0.3, 0.4) is 0 Å². The van der Waals surface area contributed by atoms with Crippen molar-refractivity contribution in [2.45, 2.75) is 58.8 Å². The third-order valence-electron chi connectivity index (χ3n) is 5.30. The second-order valence-corrected chi connectivity index (χ2v) is 7.41. The van der Waals surface area contributed by atoms with Crippen LogP contribution in [0.4, 0.5) is 8.78 Å². The van der Waals surface area contributed by atoms with Gasteiger partial charge in [-0.1, -0.05) is 57.6 Å². The SMILES string of the molecule is CCCCCCCCCOc1ccc2c(ccc3c(F)c(OCC)ccc32)c1F. The van der Waals surface area contributed by atoms with Crippen LogP contribution in [0, 0.1) is 11.6 Å². The van der Waals surface area contributed by atoms with Gasteiger partial charge in [-0.25, -0.2) is 8.78 Å². The second kappa shape index (κ2) is 10.4. The molecular formula is C25H30F2O2. The van der Waals surface area contributed by atoms with Crippen molar-refractivity contribution in [1.29, 1.82) is 0 Å². The van der Waals surface area contributed by atoms with Crippen LogP contribution in [0.5, 0.6) is 11.5 Å². The number of halogens is 2. The van der Waals surface area contributed by atoms with E-state index < -0.39 is 5.82 Å². The summed E-state index contributed by atoms with van der Waals surface area (Å²) in [5, 5.41) is 2.21. The Hall–Kier alpha value is -2.36. The molecule has 2 nitrogen and oxygen atoms in total. The predicted octanol–water partition coefficient (Wildman–Crippen LogP) is 7.80. The summed E-state index contributed by atoms with van der Waals surface area (Å²) >= 11 is 0. The monoisotopic (exact) mass is 400 g/mol. The van der Waals surface area contributed by atoms with Crippen molar-refractivity contribution in [2.24, 2.45) is 0 Å². The van der Waals surface area contributed by atoms with Gasteiger partial charge in [-0.2, -0.15) is 0 Å². The first-order chi connectivity index (χ1) is 14.2. The van der Waals surface area contributed by atoms with Crippen molar-refractivity contribution in [3.8, 4) is 11.5 Å². The molecule has 3 aromatic rings. The lowest BCUT2D eigenvalue weighted by Gasteiger charge is -2.12. The highest BCUT2D eigenvalue weighted by atomic mass is 19.1. The second-order valence-electron chi connectivity index (χ2n) is 7.41. The molecule has 0 saturated heterocycles. The molecule has 0 aromatic heterocycles. The third-order valence-corrected chi connectivity index (χ3v) is 5.30. The molecule has 156 valence electrons. The van der Waals surface area contributed by atoms with Crippen LogP contribution in [0.2, 0.25) is 0 Å². The lowest BCUT2D eigenvalue weighted by Crippen LogP contribution is -2.00. The highest BCUT2D eigenvalue weighted by molar-refractivity contribution is 6.08. The minimum Gasteiger partial charge on any atom is -0.491 e. The lowest BCUT2D eigenvalue weighted by molar-refractivity contribution is 0.291. The van der Waals surface area contributed by atoms with Crippen molar-refractivity contribution in [3.05, 3.63) is 48.0 Å². The van der Waals surface area contributed by atoms with Gasteiger partial charge in [-0.15, -0.1) is 0 Å². The Morgan fingerprint density at radius 1 is 0.586 bits per heavy atom. The standard InChI is InChI=1S/C25H30F2O2/c1-3-5-6-7-8-9-10-17-29-23-16-14-19-18-13-15-22(28-4-2)24(26)20(18)11-12-21(19)25(23)27/h11-16H,3-10,17H2,1-2H3.